The molecule has 1 heterocycles. The number of nitrogens with zero attached hydrogens (tertiary/aromatic N) is 2. The van der Waals surface area contributed by atoms with E-state index in [1.165, 1.54) is 16.2 Å². The van der Waals surface area contributed by atoms with E-state index in [1.807, 2.05) is 6.92 Å². The number of hydrogen-bond acceptors (Lipinski definition) is 4. The van der Waals surface area contributed by atoms with Gasteiger partial charge in [-0.2, -0.15) is 0 Å². The lowest BCUT2D eigenvalue weighted by Gasteiger charge is -2.20. The molecule has 0 saturated carbocycles. The maximum atomic E-state index is 13.9. The van der Waals surface area contributed by atoms with Crippen molar-refractivity contribution >= 4 is 23.0 Å². The van der Waals surface area contributed by atoms with Crippen LogP contribution in [0.2, 0.25) is 0 Å². The lowest BCUT2D eigenvalue weighted by molar-refractivity contribution is 0.0695. The molecule has 106 valence electrons. The van der Waals surface area contributed by atoms with Crippen LogP contribution in [0.4, 0.5) is 14.5 Å². The zero-order chi connectivity index (χ0) is 14.9. The number of aromatic nitrogens is 1. The largest absolute Gasteiger partial charge is 0.478 e. The van der Waals surface area contributed by atoms with Gasteiger partial charge in [0, 0.05) is 11.9 Å². The normalized spacial score (nSPS) is 10.6. The number of halogens is 2. The molecule has 0 fully saturated rings. The molecule has 1 aromatic carbocycles. The summed E-state index contributed by atoms with van der Waals surface area (Å²) in [6, 6.07) is 1.63. The monoisotopic (exact) mass is 298 g/mol. The molecular weight excluding hydrogens is 286 g/mol. The minimum Gasteiger partial charge on any atom is -0.478 e. The predicted molar refractivity (Wildman–Crippen MR) is 72.3 cm³/mol. The number of aryl methyl sites for hydroxylation is 1. The number of hydrogen-bond donors (Lipinski definition) is 1. The lowest BCUT2D eigenvalue weighted by Crippen LogP contribution is -2.19. The molecule has 0 bridgehead atoms. The third-order valence-corrected chi connectivity index (χ3v) is 3.79. The van der Waals surface area contributed by atoms with Crippen LogP contribution >= 0.6 is 11.3 Å². The number of carbonyl (C=O) groups is 1. The molecule has 4 nitrogen and oxygen atoms in total. The Kier molecular flexibility index (Phi) is 3.99. The number of carboxylic acids is 1. The molecule has 0 aliphatic rings. The molecule has 1 N–H and O–H groups in total. The summed E-state index contributed by atoms with van der Waals surface area (Å²) in [6.07, 6.45) is 0. The number of rotatable bonds is 4. The summed E-state index contributed by atoms with van der Waals surface area (Å²) in [7, 11) is 1.54. The average molecular weight is 298 g/mol. The van der Waals surface area contributed by atoms with Crippen LogP contribution in [-0.4, -0.2) is 23.1 Å². The van der Waals surface area contributed by atoms with Crippen LogP contribution in [0.25, 0.3) is 0 Å². The second kappa shape index (κ2) is 5.54. The van der Waals surface area contributed by atoms with Gasteiger partial charge in [0.25, 0.3) is 0 Å². The van der Waals surface area contributed by atoms with Crippen LogP contribution in [0.1, 0.15) is 20.9 Å². The Morgan fingerprint density at radius 3 is 2.45 bits per heavy atom. The number of benzene rings is 1. The zero-order valence-corrected chi connectivity index (χ0v) is 11.7. The molecule has 2 aromatic rings. The lowest BCUT2D eigenvalue weighted by atomic mass is 10.1. The first-order chi connectivity index (χ1) is 9.40. The second-order valence-corrected chi connectivity index (χ2v) is 5.25. The van der Waals surface area contributed by atoms with Gasteiger partial charge < -0.3 is 10.0 Å². The van der Waals surface area contributed by atoms with Crippen molar-refractivity contribution in [2.45, 2.75) is 13.5 Å². The topological polar surface area (TPSA) is 53.4 Å². The van der Waals surface area contributed by atoms with Crippen molar-refractivity contribution in [3.8, 4) is 0 Å². The van der Waals surface area contributed by atoms with E-state index >= 15 is 0 Å². The van der Waals surface area contributed by atoms with E-state index in [9.17, 15) is 13.6 Å². The summed E-state index contributed by atoms with van der Waals surface area (Å²) >= 11 is 1.40. The molecule has 1 aromatic heterocycles. The van der Waals surface area contributed by atoms with E-state index in [2.05, 4.69) is 4.98 Å². The Labute approximate surface area is 118 Å². The van der Waals surface area contributed by atoms with Gasteiger partial charge in [0.15, 0.2) is 0 Å². The van der Waals surface area contributed by atoms with Crippen molar-refractivity contribution in [3.05, 3.63) is 45.4 Å². The fraction of sp³-hybridized carbons (Fsp3) is 0.231. The number of aromatic carboxylic acids is 1. The van der Waals surface area contributed by atoms with Gasteiger partial charge in [-0.25, -0.2) is 18.6 Å². The Balaban J connectivity index is 2.33. The van der Waals surface area contributed by atoms with Gasteiger partial charge in [-0.15, -0.1) is 11.3 Å². The number of thiazole rings is 1. The van der Waals surface area contributed by atoms with Crippen LogP contribution < -0.4 is 4.90 Å². The summed E-state index contributed by atoms with van der Waals surface area (Å²) in [5.74, 6) is -3.16. The summed E-state index contributed by atoms with van der Waals surface area (Å²) < 4.78 is 27.8. The average Bonchev–Trinajstić information content (AvgIpc) is 2.74. The van der Waals surface area contributed by atoms with Crippen LogP contribution in [0.15, 0.2) is 17.6 Å². The van der Waals surface area contributed by atoms with Crippen LogP contribution in [-0.2, 0) is 6.54 Å². The maximum Gasteiger partial charge on any atom is 0.335 e. The van der Waals surface area contributed by atoms with Gasteiger partial charge >= 0.3 is 5.97 Å². The molecule has 0 amide bonds. The first kappa shape index (κ1) is 14.4. The fourth-order valence-corrected chi connectivity index (χ4v) is 2.66. The SMILES string of the molecule is Cc1ncsc1CN(C)c1c(F)cc(C(=O)O)cc1F. The molecular formula is C13H12F2N2O2S. The minimum absolute atomic E-state index is 0.247. The summed E-state index contributed by atoms with van der Waals surface area (Å²) in [5.41, 5.74) is 1.82. The summed E-state index contributed by atoms with van der Waals surface area (Å²) in [5, 5.41) is 8.75. The molecule has 0 aliphatic carbocycles. The minimum atomic E-state index is -1.37. The van der Waals surface area contributed by atoms with E-state index in [4.69, 9.17) is 5.11 Å². The van der Waals surface area contributed by atoms with Crippen molar-refractivity contribution in [3.63, 3.8) is 0 Å². The highest BCUT2D eigenvalue weighted by Gasteiger charge is 2.18. The molecule has 2 rings (SSSR count). The standard InChI is InChI=1S/C13H12F2N2O2S/c1-7-11(20-6-16-7)5-17(2)12-9(14)3-8(13(18)19)4-10(12)15/h3-4,6H,5H2,1-2H3,(H,18,19). The van der Waals surface area contributed by atoms with Gasteiger partial charge in [-0.05, 0) is 19.1 Å². The van der Waals surface area contributed by atoms with Crippen molar-refractivity contribution in [1.82, 2.24) is 4.98 Å². The van der Waals surface area contributed by atoms with Gasteiger partial charge in [-0.3, -0.25) is 0 Å². The van der Waals surface area contributed by atoms with Crippen LogP contribution in [0, 0.1) is 18.6 Å². The van der Waals surface area contributed by atoms with Crippen LogP contribution in [0.3, 0.4) is 0 Å². The predicted octanol–water partition coefficient (Wildman–Crippen LogP) is 3.06. The smallest absolute Gasteiger partial charge is 0.335 e. The third-order valence-electron chi connectivity index (χ3n) is 2.87. The van der Waals surface area contributed by atoms with Crippen molar-refractivity contribution in [2.75, 3.05) is 11.9 Å². The van der Waals surface area contributed by atoms with E-state index in [1.54, 1.807) is 12.6 Å². The Bertz CT molecular complexity index is 635. The molecule has 0 radical (unpaired) electrons. The molecule has 0 aliphatic heterocycles. The highest BCUT2D eigenvalue weighted by atomic mass is 32.1. The fourth-order valence-electron chi connectivity index (χ4n) is 1.83. The molecule has 0 unspecified atom stereocenters. The Morgan fingerprint density at radius 2 is 2.00 bits per heavy atom. The van der Waals surface area contributed by atoms with E-state index in [-0.39, 0.29) is 5.69 Å². The zero-order valence-electron chi connectivity index (χ0n) is 10.9. The van der Waals surface area contributed by atoms with E-state index in [0.29, 0.717) is 6.54 Å². The molecule has 0 saturated heterocycles. The van der Waals surface area contributed by atoms with Gasteiger partial charge in [0.1, 0.15) is 17.3 Å². The number of anilines is 1. The summed E-state index contributed by atoms with van der Waals surface area (Å²) in [6.45, 7) is 2.12. The van der Waals surface area contributed by atoms with E-state index < -0.39 is 23.2 Å². The number of carboxylic acid groups (broad SMARTS) is 1. The van der Waals surface area contributed by atoms with Gasteiger partial charge in [0.2, 0.25) is 0 Å². The maximum absolute atomic E-state index is 13.9. The first-order valence-electron chi connectivity index (χ1n) is 5.72. The first-order valence-corrected chi connectivity index (χ1v) is 6.60. The Morgan fingerprint density at radius 1 is 1.40 bits per heavy atom. The molecule has 20 heavy (non-hydrogen) atoms. The van der Waals surface area contributed by atoms with Crippen LogP contribution in [0.5, 0.6) is 0 Å². The van der Waals surface area contributed by atoms with Crippen molar-refractivity contribution < 1.29 is 18.7 Å². The summed E-state index contributed by atoms with van der Waals surface area (Å²) in [4.78, 5) is 17.1. The Hall–Kier alpha value is -2.02. The van der Waals surface area contributed by atoms with E-state index in [0.717, 1.165) is 22.7 Å². The van der Waals surface area contributed by atoms with Gasteiger partial charge in [0.05, 0.1) is 23.3 Å². The second-order valence-electron chi connectivity index (χ2n) is 4.31. The highest BCUT2D eigenvalue weighted by molar-refractivity contribution is 7.09. The molecule has 0 spiro atoms. The van der Waals surface area contributed by atoms with Crippen molar-refractivity contribution in [1.29, 1.82) is 0 Å². The molecule has 7 heteroatoms. The van der Waals surface area contributed by atoms with Crippen molar-refractivity contribution in [2.24, 2.45) is 0 Å². The quantitative estimate of drug-likeness (QED) is 0.942. The highest BCUT2D eigenvalue weighted by Crippen LogP contribution is 2.26. The third kappa shape index (κ3) is 2.77. The molecule has 0 atom stereocenters. The van der Waals surface area contributed by atoms with Gasteiger partial charge in [-0.1, -0.05) is 0 Å².